The summed E-state index contributed by atoms with van der Waals surface area (Å²) in [4.78, 5) is 4.49. The van der Waals surface area contributed by atoms with Gasteiger partial charge >= 0.3 is 0 Å². The van der Waals surface area contributed by atoms with Gasteiger partial charge in [-0.25, -0.2) is 0 Å². The summed E-state index contributed by atoms with van der Waals surface area (Å²) in [6, 6.07) is 0.690. The maximum atomic E-state index is 5.38. The number of hydrogen-bond donors (Lipinski definition) is 1. The summed E-state index contributed by atoms with van der Waals surface area (Å²) in [6.07, 6.45) is 8.06. The maximum absolute atomic E-state index is 5.38. The molecule has 1 fully saturated rings. The summed E-state index contributed by atoms with van der Waals surface area (Å²) in [6.45, 7) is 3.35. The van der Waals surface area contributed by atoms with Gasteiger partial charge in [0.1, 0.15) is 0 Å². The monoisotopic (exact) mass is 269 g/mol. The van der Waals surface area contributed by atoms with Crippen molar-refractivity contribution in [2.75, 3.05) is 12.8 Å². The Labute approximate surface area is 113 Å². The van der Waals surface area contributed by atoms with Gasteiger partial charge in [0.05, 0.1) is 5.75 Å². The van der Waals surface area contributed by atoms with Crippen molar-refractivity contribution < 1.29 is 4.52 Å². The lowest BCUT2D eigenvalue weighted by molar-refractivity contribution is 0.282. The average Bonchev–Trinajstić information content (AvgIpc) is 2.86. The van der Waals surface area contributed by atoms with Gasteiger partial charge in [-0.2, -0.15) is 16.7 Å². The summed E-state index contributed by atoms with van der Waals surface area (Å²) in [5.41, 5.74) is 0. The predicted octanol–water partition coefficient (Wildman–Crippen LogP) is 2.96. The molecule has 0 aliphatic heterocycles. The van der Waals surface area contributed by atoms with Crippen molar-refractivity contribution in [3.05, 3.63) is 11.7 Å². The Balaban J connectivity index is 1.81. The van der Waals surface area contributed by atoms with Crippen LogP contribution in [-0.2, 0) is 5.75 Å². The van der Waals surface area contributed by atoms with Crippen LogP contribution in [0, 0.1) is 0 Å². The van der Waals surface area contributed by atoms with Gasteiger partial charge in [-0.1, -0.05) is 12.1 Å². The number of thioether (sulfide) groups is 1. The van der Waals surface area contributed by atoms with Gasteiger partial charge in [0.2, 0.25) is 5.89 Å². The summed E-state index contributed by atoms with van der Waals surface area (Å²) in [7, 11) is 0. The number of rotatable bonds is 6. The first-order valence-electron chi connectivity index (χ1n) is 6.88. The zero-order valence-corrected chi connectivity index (χ0v) is 12.1. The van der Waals surface area contributed by atoms with E-state index in [1.165, 1.54) is 32.1 Å². The smallest absolute Gasteiger partial charge is 0.229 e. The van der Waals surface area contributed by atoms with Crippen molar-refractivity contribution in [2.45, 2.75) is 56.7 Å². The molecule has 0 aromatic carbocycles. The van der Waals surface area contributed by atoms with Crippen molar-refractivity contribution in [1.82, 2.24) is 15.5 Å². The van der Waals surface area contributed by atoms with E-state index in [2.05, 4.69) is 28.6 Å². The summed E-state index contributed by atoms with van der Waals surface area (Å²) in [5, 5.41) is 7.63. The summed E-state index contributed by atoms with van der Waals surface area (Å²) in [5.74, 6) is 3.01. The van der Waals surface area contributed by atoms with Crippen LogP contribution in [-0.4, -0.2) is 29.0 Å². The van der Waals surface area contributed by atoms with E-state index in [1.807, 2.05) is 0 Å². The van der Waals surface area contributed by atoms with E-state index in [1.54, 1.807) is 11.8 Å². The Morgan fingerprint density at radius 1 is 1.33 bits per heavy atom. The molecule has 0 amide bonds. The van der Waals surface area contributed by atoms with Crippen LogP contribution in [0.25, 0.3) is 0 Å². The van der Waals surface area contributed by atoms with Crippen molar-refractivity contribution in [3.63, 3.8) is 0 Å². The third-order valence-electron chi connectivity index (χ3n) is 3.52. The molecule has 4 nitrogen and oxygen atoms in total. The van der Waals surface area contributed by atoms with Gasteiger partial charge in [-0.15, -0.1) is 0 Å². The first kappa shape index (κ1) is 13.9. The molecule has 0 saturated heterocycles. The minimum Gasteiger partial charge on any atom is -0.339 e. The Morgan fingerprint density at radius 3 is 2.78 bits per heavy atom. The highest BCUT2D eigenvalue weighted by molar-refractivity contribution is 7.97. The molecule has 0 atom stereocenters. The van der Waals surface area contributed by atoms with E-state index in [0.29, 0.717) is 12.0 Å². The third-order valence-corrected chi connectivity index (χ3v) is 4.06. The zero-order valence-electron chi connectivity index (χ0n) is 11.3. The molecule has 0 radical (unpaired) electrons. The van der Waals surface area contributed by atoms with Crippen LogP contribution >= 0.6 is 11.8 Å². The Bertz CT molecular complexity index is 348. The second-order valence-corrected chi connectivity index (χ2v) is 5.85. The fraction of sp³-hybridized carbons (Fsp3) is 0.846. The number of nitrogens with one attached hydrogen (secondary N) is 1. The number of nitrogens with zero attached hydrogens (tertiary/aromatic N) is 2. The van der Waals surface area contributed by atoms with E-state index in [-0.39, 0.29) is 0 Å². The molecule has 18 heavy (non-hydrogen) atoms. The van der Waals surface area contributed by atoms with Gasteiger partial charge in [0, 0.05) is 12.0 Å². The molecule has 0 unspecified atom stereocenters. The van der Waals surface area contributed by atoms with Crippen LogP contribution in [0.15, 0.2) is 4.52 Å². The Kier molecular flexibility index (Phi) is 5.50. The fourth-order valence-corrected chi connectivity index (χ4v) is 2.89. The van der Waals surface area contributed by atoms with Crippen LogP contribution in [0.4, 0.5) is 0 Å². The van der Waals surface area contributed by atoms with Crippen molar-refractivity contribution in [2.24, 2.45) is 0 Å². The van der Waals surface area contributed by atoms with Gasteiger partial charge in [-0.05, 0) is 44.9 Å². The van der Waals surface area contributed by atoms with Gasteiger partial charge in [0.25, 0.3) is 0 Å². The van der Waals surface area contributed by atoms with Crippen LogP contribution in [0.2, 0.25) is 0 Å². The molecule has 102 valence electrons. The average molecular weight is 269 g/mol. The lowest BCUT2D eigenvalue weighted by atomic mass is 9.86. The van der Waals surface area contributed by atoms with E-state index in [0.717, 1.165) is 24.0 Å². The quantitative estimate of drug-likeness (QED) is 0.860. The molecule has 5 heteroatoms. The highest BCUT2D eigenvalue weighted by Crippen LogP contribution is 2.32. The van der Waals surface area contributed by atoms with Crippen LogP contribution < -0.4 is 5.32 Å². The molecule has 1 aromatic rings. The Hall–Kier alpha value is -0.550. The van der Waals surface area contributed by atoms with Crippen LogP contribution in [0.5, 0.6) is 0 Å². The minimum absolute atomic E-state index is 0.479. The first-order valence-corrected chi connectivity index (χ1v) is 8.27. The largest absolute Gasteiger partial charge is 0.339 e. The van der Waals surface area contributed by atoms with E-state index >= 15 is 0 Å². The molecular formula is C13H23N3OS. The van der Waals surface area contributed by atoms with Gasteiger partial charge in [0.15, 0.2) is 5.82 Å². The predicted molar refractivity (Wildman–Crippen MR) is 74.8 cm³/mol. The van der Waals surface area contributed by atoms with Crippen molar-refractivity contribution in [3.8, 4) is 0 Å². The first-order chi connectivity index (χ1) is 8.83. The van der Waals surface area contributed by atoms with E-state index < -0.39 is 0 Å². The van der Waals surface area contributed by atoms with Crippen molar-refractivity contribution in [1.29, 1.82) is 0 Å². The summed E-state index contributed by atoms with van der Waals surface area (Å²) >= 11 is 1.73. The molecule has 1 aliphatic rings. The Morgan fingerprint density at radius 2 is 2.11 bits per heavy atom. The third kappa shape index (κ3) is 3.72. The second-order valence-electron chi connectivity index (χ2n) is 4.98. The molecule has 1 aliphatic carbocycles. The van der Waals surface area contributed by atoms with E-state index in [4.69, 9.17) is 4.52 Å². The topological polar surface area (TPSA) is 51.0 Å². The molecule has 2 rings (SSSR count). The number of hydrogen-bond acceptors (Lipinski definition) is 5. The SMILES string of the molecule is CCCNC1CCC(c2nc(CSC)no2)CC1. The van der Waals surface area contributed by atoms with Gasteiger partial charge in [-0.3, -0.25) is 0 Å². The molecule has 0 spiro atoms. The highest BCUT2D eigenvalue weighted by Gasteiger charge is 2.25. The molecule has 1 N–H and O–H groups in total. The molecule has 1 saturated carbocycles. The van der Waals surface area contributed by atoms with Gasteiger partial charge < -0.3 is 9.84 Å². The molecular weight excluding hydrogens is 246 g/mol. The fourth-order valence-electron chi connectivity index (χ4n) is 2.51. The maximum Gasteiger partial charge on any atom is 0.229 e. The highest BCUT2D eigenvalue weighted by atomic mass is 32.2. The van der Waals surface area contributed by atoms with Crippen LogP contribution in [0.3, 0.4) is 0 Å². The molecule has 1 heterocycles. The molecule has 1 aromatic heterocycles. The van der Waals surface area contributed by atoms with Crippen LogP contribution in [0.1, 0.15) is 56.7 Å². The summed E-state index contributed by atoms with van der Waals surface area (Å²) < 4.78 is 5.38. The lowest BCUT2D eigenvalue weighted by Crippen LogP contribution is -2.33. The van der Waals surface area contributed by atoms with E-state index in [9.17, 15) is 0 Å². The minimum atomic E-state index is 0.479. The standard InChI is InChI=1S/C13H23N3OS/c1-3-8-14-11-6-4-10(5-7-11)13-15-12(9-18-2)16-17-13/h10-11,14H,3-9H2,1-2H3. The number of aromatic nitrogens is 2. The zero-order chi connectivity index (χ0) is 12.8. The second kappa shape index (κ2) is 7.14. The molecule has 0 bridgehead atoms. The van der Waals surface area contributed by atoms with Crippen molar-refractivity contribution >= 4 is 11.8 Å². The normalized spacial score (nSPS) is 24.3. The lowest BCUT2D eigenvalue weighted by Gasteiger charge is -2.27.